The summed E-state index contributed by atoms with van der Waals surface area (Å²) >= 11 is 0. The van der Waals surface area contributed by atoms with Crippen LogP contribution in [0.4, 0.5) is 5.69 Å². The number of rotatable bonds is 6. The van der Waals surface area contributed by atoms with E-state index in [-0.39, 0.29) is 5.92 Å². The lowest BCUT2D eigenvalue weighted by atomic mass is 10.1. The summed E-state index contributed by atoms with van der Waals surface area (Å²) in [4.78, 5) is 0. The molecule has 17 heavy (non-hydrogen) atoms. The zero-order chi connectivity index (χ0) is 12.9. The molecular formula is C11H19N3O2S. The van der Waals surface area contributed by atoms with Crippen molar-refractivity contribution in [3.8, 4) is 0 Å². The third-order valence-electron chi connectivity index (χ3n) is 2.23. The van der Waals surface area contributed by atoms with Gasteiger partial charge in [0.25, 0.3) is 0 Å². The van der Waals surface area contributed by atoms with Crippen LogP contribution in [0.2, 0.25) is 0 Å². The molecule has 0 fully saturated rings. The number of sulfonamides is 1. The van der Waals surface area contributed by atoms with Gasteiger partial charge in [-0.2, -0.15) is 0 Å². The molecule has 0 saturated carbocycles. The molecule has 0 aromatic heterocycles. The lowest BCUT2D eigenvalue weighted by molar-refractivity contribution is 0.495. The standard InChI is InChI=1S/C11H19N3O2S/c1-9(2)8-11(17(12,15)16)14-13-10-6-4-3-5-7-10/h3-7,9,11,13-14H,8H2,1-2H3,(H2,12,15,16). The molecular weight excluding hydrogens is 238 g/mol. The number of benzene rings is 1. The maximum Gasteiger partial charge on any atom is 0.226 e. The molecule has 4 N–H and O–H groups in total. The van der Waals surface area contributed by atoms with Crippen LogP contribution in [0, 0.1) is 5.92 Å². The first kappa shape index (κ1) is 14.0. The Kier molecular flexibility index (Phi) is 4.92. The number of hydrazine groups is 1. The number of nitrogens with one attached hydrogen (secondary N) is 2. The summed E-state index contributed by atoms with van der Waals surface area (Å²) in [6.07, 6.45) is 0.457. The monoisotopic (exact) mass is 257 g/mol. The normalized spacial score (nSPS) is 13.6. The zero-order valence-corrected chi connectivity index (χ0v) is 10.9. The Labute approximate surface area is 102 Å². The number of nitrogens with two attached hydrogens (primary N) is 1. The first-order chi connectivity index (χ1) is 7.89. The van der Waals surface area contributed by atoms with Gasteiger partial charge >= 0.3 is 0 Å². The van der Waals surface area contributed by atoms with E-state index in [0.29, 0.717) is 6.42 Å². The van der Waals surface area contributed by atoms with E-state index in [9.17, 15) is 8.42 Å². The highest BCUT2D eigenvalue weighted by molar-refractivity contribution is 7.89. The molecule has 0 heterocycles. The fourth-order valence-corrected chi connectivity index (χ4v) is 2.26. The summed E-state index contributed by atoms with van der Waals surface area (Å²) in [5.41, 5.74) is 6.39. The van der Waals surface area contributed by atoms with Crippen molar-refractivity contribution in [1.82, 2.24) is 5.43 Å². The maximum absolute atomic E-state index is 11.4. The third kappa shape index (κ3) is 5.16. The van der Waals surface area contributed by atoms with Crippen LogP contribution in [-0.4, -0.2) is 13.8 Å². The van der Waals surface area contributed by atoms with Gasteiger partial charge in [0.2, 0.25) is 10.0 Å². The van der Waals surface area contributed by atoms with Crippen molar-refractivity contribution in [2.75, 3.05) is 5.43 Å². The second-order valence-electron chi connectivity index (χ2n) is 4.34. The van der Waals surface area contributed by atoms with Crippen molar-refractivity contribution in [3.63, 3.8) is 0 Å². The highest BCUT2D eigenvalue weighted by atomic mass is 32.2. The first-order valence-corrected chi connectivity index (χ1v) is 7.08. The second kappa shape index (κ2) is 6.00. The molecule has 1 unspecified atom stereocenters. The van der Waals surface area contributed by atoms with Gasteiger partial charge in [-0.1, -0.05) is 32.0 Å². The Balaban J connectivity index is 2.62. The number of primary sulfonamides is 1. The molecule has 1 atom stereocenters. The van der Waals surface area contributed by atoms with E-state index in [4.69, 9.17) is 5.14 Å². The molecule has 0 aliphatic rings. The highest BCUT2D eigenvalue weighted by Gasteiger charge is 2.21. The Morgan fingerprint density at radius 1 is 1.24 bits per heavy atom. The molecule has 0 bridgehead atoms. The Hall–Kier alpha value is -1.11. The van der Waals surface area contributed by atoms with Crippen LogP contribution in [0.5, 0.6) is 0 Å². The minimum absolute atomic E-state index is 0.239. The van der Waals surface area contributed by atoms with Gasteiger partial charge in [0.05, 0.1) is 0 Å². The van der Waals surface area contributed by atoms with Crippen LogP contribution in [0.1, 0.15) is 20.3 Å². The average molecular weight is 257 g/mol. The Morgan fingerprint density at radius 2 is 1.82 bits per heavy atom. The molecule has 0 spiro atoms. The quantitative estimate of drug-likeness (QED) is 0.670. The topological polar surface area (TPSA) is 84.2 Å². The van der Waals surface area contributed by atoms with Crippen LogP contribution < -0.4 is 16.0 Å². The van der Waals surface area contributed by atoms with Crippen molar-refractivity contribution in [2.24, 2.45) is 11.1 Å². The predicted octanol–water partition coefficient (Wildman–Crippen LogP) is 1.26. The largest absolute Gasteiger partial charge is 0.320 e. The third-order valence-corrected chi connectivity index (χ3v) is 3.34. The summed E-state index contributed by atoms with van der Waals surface area (Å²) in [5.74, 6) is 0.239. The van der Waals surface area contributed by atoms with Crippen molar-refractivity contribution in [2.45, 2.75) is 25.6 Å². The van der Waals surface area contributed by atoms with Gasteiger partial charge in [0, 0.05) is 5.69 Å². The molecule has 1 rings (SSSR count). The predicted molar refractivity (Wildman–Crippen MR) is 69.6 cm³/mol. The van der Waals surface area contributed by atoms with Gasteiger partial charge in [-0.15, -0.1) is 0 Å². The van der Waals surface area contributed by atoms with Gasteiger partial charge in [-0.05, 0) is 24.5 Å². The minimum Gasteiger partial charge on any atom is -0.320 e. The second-order valence-corrected chi connectivity index (χ2v) is 6.09. The SMILES string of the molecule is CC(C)CC(NNc1ccccc1)S(N)(=O)=O. The van der Waals surface area contributed by atoms with Crippen molar-refractivity contribution in [1.29, 1.82) is 0 Å². The number of anilines is 1. The van der Waals surface area contributed by atoms with Crippen LogP contribution >= 0.6 is 0 Å². The van der Waals surface area contributed by atoms with Crippen molar-refractivity contribution in [3.05, 3.63) is 30.3 Å². The van der Waals surface area contributed by atoms with E-state index < -0.39 is 15.4 Å². The molecule has 0 aliphatic carbocycles. The van der Waals surface area contributed by atoms with E-state index in [0.717, 1.165) is 5.69 Å². The summed E-state index contributed by atoms with van der Waals surface area (Å²) < 4.78 is 22.7. The molecule has 96 valence electrons. The van der Waals surface area contributed by atoms with Crippen LogP contribution in [0.3, 0.4) is 0 Å². The fourth-order valence-electron chi connectivity index (χ4n) is 1.39. The van der Waals surface area contributed by atoms with Gasteiger partial charge < -0.3 is 5.43 Å². The van der Waals surface area contributed by atoms with E-state index in [1.165, 1.54) is 0 Å². The number of hydrogen-bond acceptors (Lipinski definition) is 4. The van der Waals surface area contributed by atoms with Crippen LogP contribution in [-0.2, 0) is 10.0 Å². The van der Waals surface area contributed by atoms with Gasteiger partial charge in [-0.25, -0.2) is 19.0 Å². The number of hydrogen-bond donors (Lipinski definition) is 3. The summed E-state index contributed by atoms with van der Waals surface area (Å²) in [7, 11) is -3.60. The van der Waals surface area contributed by atoms with Crippen molar-refractivity contribution >= 4 is 15.7 Å². The Morgan fingerprint density at radius 3 is 2.29 bits per heavy atom. The first-order valence-electron chi connectivity index (χ1n) is 5.48. The van der Waals surface area contributed by atoms with E-state index >= 15 is 0 Å². The maximum atomic E-state index is 11.4. The fraction of sp³-hybridized carbons (Fsp3) is 0.455. The average Bonchev–Trinajstić information content (AvgIpc) is 2.23. The lowest BCUT2D eigenvalue weighted by Gasteiger charge is -2.19. The molecule has 1 aromatic carbocycles. The summed E-state index contributed by atoms with van der Waals surface area (Å²) in [6.45, 7) is 3.89. The lowest BCUT2D eigenvalue weighted by Crippen LogP contribution is -2.44. The van der Waals surface area contributed by atoms with Crippen LogP contribution in [0.25, 0.3) is 0 Å². The molecule has 1 aromatic rings. The van der Waals surface area contributed by atoms with Gasteiger partial charge in [-0.3, -0.25) is 0 Å². The highest BCUT2D eigenvalue weighted by Crippen LogP contribution is 2.09. The van der Waals surface area contributed by atoms with E-state index in [2.05, 4.69) is 10.9 Å². The molecule has 0 aliphatic heterocycles. The molecule has 0 saturated heterocycles. The minimum atomic E-state index is -3.60. The molecule has 5 nitrogen and oxygen atoms in total. The van der Waals surface area contributed by atoms with Crippen molar-refractivity contribution < 1.29 is 8.42 Å². The number of para-hydroxylation sites is 1. The Bertz CT molecular complexity index is 431. The van der Waals surface area contributed by atoms with E-state index in [1.54, 1.807) is 0 Å². The molecule has 6 heteroatoms. The molecule has 0 radical (unpaired) electrons. The van der Waals surface area contributed by atoms with Gasteiger partial charge in [0.15, 0.2) is 0 Å². The van der Waals surface area contributed by atoms with Crippen LogP contribution in [0.15, 0.2) is 30.3 Å². The van der Waals surface area contributed by atoms with Gasteiger partial charge in [0.1, 0.15) is 5.37 Å². The molecule has 0 amide bonds. The zero-order valence-electron chi connectivity index (χ0n) is 10.1. The smallest absolute Gasteiger partial charge is 0.226 e. The summed E-state index contributed by atoms with van der Waals surface area (Å²) in [6, 6.07) is 9.28. The summed E-state index contributed by atoms with van der Waals surface area (Å²) in [5, 5.41) is 4.37. The van der Waals surface area contributed by atoms with E-state index in [1.807, 2.05) is 44.2 Å².